The minimum atomic E-state index is -0.221. The first-order valence-electron chi connectivity index (χ1n) is 6.18. The molecule has 0 aliphatic carbocycles. The molecule has 1 aromatic heterocycles. The minimum absolute atomic E-state index is 0.163. The summed E-state index contributed by atoms with van der Waals surface area (Å²) in [5, 5.41) is 12.1. The number of nitrogens with zero attached hydrogens (tertiary/aromatic N) is 1. The van der Waals surface area contributed by atoms with Crippen LogP contribution in [-0.2, 0) is 0 Å². The lowest BCUT2D eigenvalue weighted by molar-refractivity contribution is 0.0962. The average Bonchev–Trinajstić information content (AvgIpc) is 2.78. The van der Waals surface area contributed by atoms with E-state index in [1.54, 1.807) is 45.2 Å². The minimum Gasteiger partial charge on any atom is -0.355 e. The fourth-order valence-electron chi connectivity index (χ4n) is 1.93. The quantitative estimate of drug-likeness (QED) is 0.793. The highest BCUT2D eigenvalue weighted by atomic mass is 16.2. The Kier molecular flexibility index (Phi) is 3.84. The summed E-state index contributed by atoms with van der Waals surface area (Å²) in [4.78, 5) is 23.6. The highest BCUT2D eigenvalue weighted by molar-refractivity contribution is 6.06. The smallest absolute Gasteiger partial charge is 0.259 e. The number of amides is 2. The molecule has 104 valence electrons. The van der Waals surface area contributed by atoms with E-state index in [-0.39, 0.29) is 11.8 Å². The van der Waals surface area contributed by atoms with Crippen molar-refractivity contribution in [2.24, 2.45) is 0 Å². The second-order valence-electron chi connectivity index (χ2n) is 4.42. The zero-order valence-corrected chi connectivity index (χ0v) is 11.6. The van der Waals surface area contributed by atoms with Gasteiger partial charge in [0.05, 0.1) is 11.3 Å². The van der Waals surface area contributed by atoms with Crippen LogP contribution in [0.25, 0.3) is 0 Å². The van der Waals surface area contributed by atoms with Crippen molar-refractivity contribution in [3.63, 3.8) is 0 Å². The van der Waals surface area contributed by atoms with Gasteiger partial charge in [-0.3, -0.25) is 14.7 Å². The number of rotatable bonds is 3. The van der Waals surface area contributed by atoms with Crippen LogP contribution in [0, 0.1) is 13.8 Å². The van der Waals surface area contributed by atoms with Crippen LogP contribution < -0.4 is 10.6 Å². The number of hydrogen-bond donors (Lipinski definition) is 3. The molecule has 6 heteroatoms. The van der Waals surface area contributed by atoms with Gasteiger partial charge in [0.25, 0.3) is 11.8 Å². The zero-order valence-electron chi connectivity index (χ0n) is 11.6. The lowest BCUT2D eigenvalue weighted by atomic mass is 10.1. The van der Waals surface area contributed by atoms with Crippen LogP contribution in [0.1, 0.15) is 32.1 Å². The highest BCUT2D eigenvalue weighted by Gasteiger charge is 2.15. The van der Waals surface area contributed by atoms with Crippen molar-refractivity contribution in [2.45, 2.75) is 13.8 Å². The Bertz CT molecular complexity index is 624. The Morgan fingerprint density at radius 2 is 1.75 bits per heavy atom. The summed E-state index contributed by atoms with van der Waals surface area (Å²) in [7, 11) is 1.57. The van der Waals surface area contributed by atoms with Crippen molar-refractivity contribution in [2.75, 3.05) is 12.4 Å². The second kappa shape index (κ2) is 5.56. The zero-order chi connectivity index (χ0) is 14.7. The van der Waals surface area contributed by atoms with E-state index >= 15 is 0 Å². The molecular formula is C14H16N4O2. The van der Waals surface area contributed by atoms with Crippen molar-refractivity contribution < 1.29 is 9.59 Å². The summed E-state index contributed by atoms with van der Waals surface area (Å²) in [6, 6.07) is 6.69. The number of aryl methyl sites for hydroxylation is 2. The number of carbonyl (C=O) groups excluding carboxylic acids is 2. The summed E-state index contributed by atoms with van der Waals surface area (Å²) in [5.74, 6) is -0.383. The van der Waals surface area contributed by atoms with Gasteiger partial charge in [0, 0.05) is 24.0 Å². The summed E-state index contributed by atoms with van der Waals surface area (Å²) in [6.07, 6.45) is 0. The van der Waals surface area contributed by atoms with Gasteiger partial charge in [-0.1, -0.05) is 0 Å². The van der Waals surface area contributed by atoms with Gasteiger partial charge in [-0.25, -0.2) is 0 Å². The molecule has 0 saturated heterocycles. The molecule has 0 radical (unpaired) electrons. The molecule has 6 nitrogen and oxygen atoms in total. The van der Waals surface area contributed by atoms with E-state index in [2.05, 4.69) is 20.8 Å². The highest BCUT2D eigenvalue weighted by Crippen LogP contribution is 2.14. The third kappa shape index (κ3) is 2.69. The molecule has 0 unspecified atom stereocenters. The summed E-state index contributed by atoms with van der Waals surface area (Å²) < 4.78 is 0. The fourth-order valence-corrected chi connectivity index (χ4v) is 1.93. The van der Waals surface area contributed by atoms with Gasteiger partial charge in [-0.05, 0) is 38.1 Å². The monoisotopic (exact) mass is 272 g/mol. The molecule has 20 heavy (non-hydrogen) atoms. The van der Waals surface area contributed by atoms with Gasteiger partial charge in [-0.15, -0.1) is 0 Å². The standard InChI is InChI=1S/C14H16N4O2/c1-8-12(9(2)18-17-8)14(20)16-11-6-4-10(5-7-11)13(19)15-3/h4-7H,1-3H3,(H,15,19)(H,16,20)(H,17,18). The molecule has 0 bridgehead atoms. The number of nitrogens with one attached hydrogen (secondary N) is 3. The maximum absolute atomic E-state index is 12.1. The number of anilines is 1. The molecular weight excluding hydrogens is 256 g/mol. The topological polar surface area (TPSA) is 86.9 Å². The summed E-state index contributed by atoms with van der Waals surface area (Å²) >= 11 is 0. The lowest BCUT2D eigenvalue weighted by Gasteiger charge is -2.06. The number of H-pyrrole nitrogens is 1. The molecule has 2 aromatic rings. The second-order valence-corrected chi connectivity index (χ2v) is 4.42. The van der Waals surface area contributed by atoms with Crippen molar-refractivity contribution in [3.8, 4) is 0 Å². The maximum atomic E-state index is 12.1. The average molecular weight is 272 g/mol. The first-order valence-corrected chi connectivity index (χ1v) is 6.18. The molecule has 0 aliphatic heterocycles. The summed E-state index contributed by atoms with van der Waals surface area (Å²) in [6.45, 7) is 3.57. The van der Waals surface area contributed by atoms with Crippen LogP contribution in [0.15, 0.2) is 24.3 Å². The van der Waals surface area contributed by atoms with Gasteiger partial charge >= 0.3 is 0 Å². The van der Waals surface area contributed by atoms with Crippen LogP contribution in [0.4, 0.5) is 5.69 Å². The van der Waals surface area contributed by atoms with Crippen molar-refractivity contribution in [3.05, 3.63) is 46.8 Å². The number of carbonyl (C=O) groups is 2. The van der Waals surface area contributed by atoms with Crippen LogP contribution >= 0.6 is 0 Å². The maximum Gasteiger partial charge on any atom is 0.259 e. The summed E-state index contributed by atoms with van der Waals surface area (Å²) in [5.41, 5.74) is 3.09. The largest absolute Gasteiger partial charge is 0.355 e. The SMILES string of the molecule is CNC(=O)c1ccc(NC(=O)c2c(C)n[nH]c2C)cc1. The third-order valence-corrected chi connectivity index (χ3v) is 2.99. The van der Waals surface area contributed by atoms with E-state index in [1.165, 1.54) is 0 Å². The Morgan fingerprint density at radius 1 is 1.10 bits per heavy atom. The van der Waals surface area contributed by atoms with Crippen LogP contribution in [-0.4, -0.2) is 29.1 Å². The third-order valence-electron chi connectivity index (χ3n) is 2.99. The molecule has 2 amide bonds. The number of aromatic amines is 1. The normalized spacial score (nSPS) is 10.2. The van der Waals surface area contributed by atoms with Gasteiger partial charge in [0.15, 0.2) is 0 Å². The van der Waals surface area contributed by atoms with Gasteiger partial charge in [-0.2, -0.15) is 5.10 Å². The van der Waals surface area contributed by atoms with E-state index in [0.717, 1.165) is 5.69 Å². The predicted octanol–water partition coefficient (Wildman–Crippen LogP) is 1.64. The molecule has 0 fully saturated rings. The predicted molar refractivity (Wildman–Crippen MR) is 75.8 cm³/mol. The number of benzene rings is 1. The Morgan fingerprint density at radius 3 is 2.25 bits per heavy atom. The van der Waals surface area contributed by atoms with Crippen molar-refractivity contribution in [1.82, 2.24) is 15.5 Å². The number of aromatic nitrogens is 2. The first-order chi connectivity index (χ1) is 9.52. The van der Waals surface area contributed by atoms with Crippen molar-refractivity contribution in [1.29, 1.82) is 0 Å². The molecule has 0 saturated carbocycles. The van der Waals surface area contributed by atoms with E-state index < -0.39 is 0 Å². The Hall–Kier alpha value is -2.63. The molecule has 0 aliphatic rings. The van der Waals surface area contributed by atoms with Gasteiger partial charge in [0.1, 0.15) is 0 Å². The Balaban J connectivity index is 2.15. The van der Waals surface area contributed by atoms with Crippen LogP contribution in [0.2, 0.25) is 0 Å². The van der Waals surface area contributed by atoms with Crippen molar-refractivity contribution >= 4 is 17.5 Å². The van der Waals surface area contributed by atoms with E-state index in [9.17, 15) is 9.59 Å². The molecule has 1 heterocycles. The van der Waals surface area contributed by atoms with Gasteiger partial charge < -0.3 is 10.6 Å². The molecule has 2 rings (SSSR count). The molecule has 3 N–H and O–H groups in total. The van der Waals surface area contributed by atoms with E-state index in [0.29, 0.717) is 22.5 Å². The molecule has 0 atom stereocenters. The fraction of sp³-hybridized carbons (Fsp3) is 0.214. The van der Waals surface area contributed by atoms with Crippen LogP contribution in [0.3, 0.4) is 0 Å². The Labute approximate surface area is 116 Å². The van der Waals surface area contributed by atoms with E-state index in [1.807, 2.05) is 0 Å². The lowest BCUT2D eigenvalue weighted by Crippen LogP contribution is -2.18. The first kappa shape index (κ1) is 13.8. The van der Waals surface area contributed by atoms with Crippen LogP contribution in [0.5, 0.6) is 0 Å². The molecule has 1 aromatic carbocycles. The van der Waals surface area contributed by atoms with E-state index in [4.69, 9.17) is 0 Å². The van der Waals surface area contributed by atoms with Gasteiger partial charge in [0.2, 0.25) is 0 Å². The molecule has 0 spiro atoms. The number of hydrogen-bond acceptors (Lipinski definition) is 3.